The zero-order valence-electron chi connectivity index (χ0n) is 12.5. The van der Waals surface area contributed by atoms with E-state index in [1.54, 1.807) is 37.3 Å². The highest BCUT2D eigenvalue weighted by Crippen LogP contribution is 2.19. The van der Waals surface area contributed by atoms with Gasteiger partial charge in [0.25, 0.3) is 11.8 Å². The topological polar surface area (TPSA) is 81.4 Å². The lowest BCUT2D eigenvalue weighted by molar-refractivity contribution is -0.122. The van der Waals surface area contributed by atoms with Crippen LogP contribution in [0.4, 0.5) is 5.69 Å². The molecule has 22 heavy (non-hydrogen) atoms. The Morgan fingerprint density at radius 3 is 2.41 bits per heavy atom. The van der Waals surface area contributed by atoms with Crippen molar-refractivity contribution in [1.82, 2.24) is 0 Å². The molecule has 2 aromatic carbocycles. The number of nitrogens with two attached hydrogens (primary N) is 1. The van der Waals surface area contributed by atoms with Crippen LogP contribution in [0.1, 0.15) is 22.8 Å². The number of rotatable bonds is 5. The number of hydrogen-bond acceptors (Lipinski definition) is 3. The Morgan fingerprint density at radius 1 is 1.09 bits per heavy atom. The number of aryl methyl sites for hydroxylation is 1. The molecule has 3 N–H and O–H groups in total. The van der Waals surface area contributed by atoms with Gasteiger partial charge in [-0.2, -0.15) is 0 Å². The predicted octanol–water partition coefficient (Wildman–Crippen LogP) is 2.50. The predicted molar refractivity (Wildman–Crippen MR) is 84.9 cm³/mol. The molecule has 2 aromatic rings. The molecule has 1 unspecified atom stereocenters. The van der Waals surface area contributed by atoms with Crippen molar-refractivity contribution in [1.29, 1.82) is 0 Å². The lowest BCUT2D eigenvalue weighted by Crippen LogP contribution is -2.31. The molecule has 1 atom stereocenters. The largest absolute Gasteiger partial charge is 0.481 e. The highest BCUT2D eigenvalue weighted by atomic mass is 16.5. The monoisotopic (exact) mass is 298 g/mol. The van der Waals surface area contributed by atoms with Gasteiger partial charge in [0, 0.05) is 0 Å². The number of primary amides is 1. The number of amides is 2. The first-order valence-electron chi connectivity index (χ1n) is 6.91. The highest BCUT2D eigenvalue weighted by Gasteiger charge is 2.18. The number of ether oxygens (including phenoxy) is 1. The minimum absolute atomic E-state index is 0.263. The molecule has 0 fully saturated rings. The number of carbonyl (C=O) groups is 2. The van der Waals surface area contributed by atoms with E-state index in [1.165, 1.54) is 0 Å². The van der Waals surface area contributed by atoms with Crippen molar-refractivity contribution in [3.05, 3.63) is 59.7 Å². The molecule has 2 rings (SSSR count). The summed E-state index contributed by atoms with van der Waals surface area (Å²) < 4.78 is 5.65. The van der Waals surface area contributed by atoms with E-state index in [0.29, 0.717) is 11.4 Å². The maximum Gasteiger partial charge on any atom is 0.265 e. The Hall–Kier alpha value is -2.82. The SMILES string of the molecule is Cc1ccccc1OC(C)C(=O)Nc1ccccc1C(N)=O. The van der Waals surface area contributed by atoms with E-state index in [9.17, 15) is 9.59 Å². The van der Waals surface area contributed by atoms with Crippen molar-refractivity contribution >= 4 is 17.5 Å². The zero-order valence-corrected chi connectivity index (χ0v) is 12.5. The number of anilines is 1. The van der Waals surface area contributed by atoms with Crippen molar-refractivity contribution in [3.8, 4) is 5.75 Å². The molecule has 0 spiro atoms. The Kier molecular flexibility index (Phi) is 4.78. The van der Waals surface area contributed by atoms with Crippen LogP contribution < -0.4 is 15.8 Å². The minimum Gasteiger partial charge on any atom is -0.481 e. The van der Waals surface area contributed by atoms with E-state index in [2.05, 4.69) is 5.32 Å². The molecule has 5 nitrogen and oxygen atoms in total. The van der Waals surface area contributed by atoms with Gasteiger partial charge in [0.2, 0.25) is 0 Å². The number of hydrogen-bond donors (Lipinski definition) is 2. The fourth-order valence-corrected chi connectivity index (χ4v) is 1.97. The van der Waals surface area contributed by atoms with Gasteiger partial charge in [-0.1, -0.05) is 30.3 Å². The van der Waals surface area contributed by atoms with Crippen molar-refractivity contribution in [2.45, 2.75) is 20.0 Å². The molecule has 0 aliphatic rings. The molecular weight excluding hydrogens is 280 g/mol. The normalized spacial score (nSPS) is 11.5. The van der Waals surface area contributed by atoms with E-state index < -0.39 is 12.0 Å². The van der Waals surface area contributed by atoms with Crippen molar-refractivity contribution in [2.75, 3.05) is 5.32 Å². The fourth-order valence-electron chi connectivity index (χ4n) is 1.97. The molecule has 5 heteroatoms. The second-order valence-corrected chi connectivity index (χ2v) is 4.92. The second kappa shape index (κ2) is 6.76. The Labute approximate surface area is 129 Å². The maximum atomic E-state index is 12.2. The lowest BCUT2D eigenvalue weighted by Gasteiger charge is -2.17. The smallest absolute Gasteiger partial charge is 0.265 e. The quantitative estimate of drug-likeness (QED) is 0.889. The summed E-state index contributed by atoms with van der Waals surface area (Å²) >= 11 is 0. The van der Waals surface area contributed by atoms with Crippen LogP contribution in [-0.4, -0.2) is 17.9 Å². The fraction of sp³-hybridized carbons (Fsp3) is 0.176. The first-order valence-corrected chi connectivity index (χ1v) is 6.91. The Morgan fingerprint density at radius 2 is 1.73 bits per heavy atom. The van der Waals surface area contributed by atoms with Crippen LogP contribution in [0.25, 0.3) is 0 Å². The molecule has 0 bridgehead atoms. The molecule has 0 saturated heterocycles. The molecule has 0 aliphatic carbocycles. The molecule has 0 aromatic heterocycles. The Balaban J connectivity index is 2.09. The highest BCUT2D eigenvalue weighted by molar-refractivity contribution is 6.03. The van der Waals surface area contributed by atoms with Gasteiger partial charge >= 0.3 is 0 Å². The van der Waals surface area contributed by atoms with Crippen LogP contribution >= 0.6 is 0 Å². The number of para-hydroxylation sites is 2. The van der Waals surface area contributed by atoms with Crippen LogP contribution in [-0.2, 0) is 4.79 Å². The summed E-state index contributed by atoms with van der Waals surface area (Å²) in [5.41, 5.74) is 6.87. The van der Waals surface area contributed by atoms with E-state index in [1.807, 2.05) is 25.1 Å². The third-order valence-electron chi connectivity index (χ3n) is 3.22. The van der Waals surface area contributed by atoms with Crippen molar-refractivity contribution < 1.29 is 14.3 Å². The standard InChI is InChI=1S/C17H18N2O3/c1-11-7-3-6-10-15(11)22-12(2)17(21)19-14-9-5-4-8-13(14)16(18)20/h3-10,12H,1-2H3,(H2,18,20)(H,19,21). The summed E-state index contributed by atoms with van der Waals surface area (Å²) in [5.74, 6) is -0.298. The van der Waals surface area contributed by atoms with Gasteiger partial charge in [-0.3, -0.25) is 9.59 Å². The maximum absolute atomic E-state index is 12.2. The summed E-state index contributed by atoms with van der Waals surface area (Å²) in [7, 11) is 0. The van der Waals surface area contributed by atoms with Gasteiger partial charge in [0.1, 0.15) is 5.75 Å². The Bertz CT molecular complexity index is 698. The van der Waals surface area contributed by atoms with Crippen LogP contribution in [0.2, 0.25) is 0 Å². The first-order chi connectivity index (χ1) is 10.5. The van der Waals surface area contributed by atoms with Gasteiger partial charge in [0.05, 0.1) is 11.3 Å². The molecule has 0 heterocycles. The van der Waals surface area contributed by atoms with E-state index in [0.717, 1.165) is 5.56 Å². The van der Waals surface area contributed by atoms with E-state index in [4.69, 9.17) is 10.5 Å². The molecule has 0 radical (unpaired) electrons. The summed E-state index contributed by atoms with van der Waals surface area (Å²) in [6, 6.07) is 14.0. The average molecular weight is 298 g/mol. The summed E-state index contributed by atoms with van der Waals surface area (Å²) in [5, 5.41) is 2.67. The third-order valence-corrected chi connectivity index (χ3v) is 3.22. The molecule has 0 aliphatic heterocycles. The molecule has 2 amide bonds. The minimum atomic E-state index is -0.706. The van der Waals surface area contributed by atoms with Crippen LogP contribution in [0.5, 0.6) is 5.75 Å². The van der Waals surface area contributed by atoms with Crippen molar-refractivity contribution in [3.63, 3.8) is 0 Å². The van der Waals surface area contributed by atoms with E-state index >= 15 is 0 Å². The second-order valence-electron chi connectivity index (χ2n) is 4.92. The summed E-state index contributed by atoms with van der Waals surface area (Å²) in [6.45, 7) is 3.55. The van der Waals surface area contributed by atoms with Gasteiger partial charge in [-0.25, -0.2) is 0 Å². The van der Waals surface area contributed by atoms with Gasteiger partial charge < -0.3 is 15.8 Å². The number of benzene rings is 2. The van der Waals surface area contributed by atoms with Gasteiger partial charge in [-0.05, 0) is 37.6 Å². The molecule has 0 saturated carbocycles. The summed E-state index contributed by atoms with van der Waals surface area (Å²) in [6.07, 6.45) is -0.706. The number of carbonyl (C=O) groups excluding carboxylic acids is 2. The number of nitrogens with one attached hydrogen (secondary N) is 1. The van der Waals surface area contributed by atoms with Crippen LogP contribution in [0.15, 0.2) is 48.5 Å². The van der Waals surface area contributed by atoms with Crippen molar-refractivity contribution in [2.24, 2.45) is 5.73 Å². The van der Waals surface area contributed by atoms with Gasteiger partial charge in [0.15, 0.2) is 6.10 Å². The molecule has 114 valence electrons. The van der Waals surface area contributed by atoms with Crippen LogP contribution in [0.3, 0.4) is 0 Å². The molecular formula is C17H18N2O3. The average Bonchev–Trinajstić information content (AvgIpc) is 2.49. The lowest BCUT2D eigenvalue weighted by atomic mass is 10.1. The third kappa shape index (κ3) is 3.63. The zero-order chi connectivity index (χ0) is 16.1. The first kappa shape index (κ1) is 15.6. The van der Waals surface area contributed by atoms with E-state index in [-0.39, 0.29) is 11.5 Å². The van der Waals surface area contributed by atoms with Crippen LogP contribution in [0, 0.1) is 6.92 Å². The van der Waals surface area contributed by atoms with Gasteiger partial charge in [-0.15, -0.1) is 0 Å². The summed E-state index contributed by atoms with van der Waals surface area (Å²) in [4.78, 5) is 23.6.